The van der Waals surface area contributed by atoms with Crippen molar-refractivity contribution in [2.75, 3.05) is 19.0 Å². The van der Waals surface area contributed by atoms with Gasteiger partial charge in [-0.25, -0.2) is 0 Å². The second-order valence-corrected chi connectivity index (χ2v) is 4.52. The lowest BCUT2D eigenvalue weighted by Gasteiger charge is -2.20. The van der Waals surface area contributed by atoms with Gasteiger partial charge in [-0.1, -0.05) is 0 Å². The summed E-state index contributed by atoms with van der Waals surface area (Å²) in [4.78, 5) is 14.2. The van der Waals surface area contributed by atoms with Crippen molar-refractivity contribution in [1.29, 1.82) is 0 Å². The van der Waals surface area contributed by atoms with Crippen LogP contribution in [-0.4, -0.2) is 29.8 Å². The van der Waals surface area contributed by atoms with E-state index in [1.165, 1.54) is 0 Å². The first kappa shape index (κ1) is 14.1. The molecule has 96 valence electrons. The highest BCUT2D eigenvalue weighted by atomic mass is 35.5. The molecule has 4 heteroatoms. The van der Waals surface area contributed by atoms with E-state index >= 15 is 0 Å². The van der Waals surface area contributed by atoms with E-state index in [1.54, 1.807) is 0 Å². The van der Waals surface area contributed by atoms with Gasteiger partial charge in [0.1, 0.15) is 11.5 Å². The lowest BCUT2D eigenvalue weighted by atomic mass is 10.1. The smallest absolute Gasteiger partial charge is 0.257 e. The van der Waals surface area contributed by atoms with Crippen LogP contribution in [0.5, 0.6) is 0 Å². The molecule has 0 aliphatic heterocycles. The van der Waals surface area contributed by atoms with Gasteiger partial charge in [0.25, 0.3) is 5.91 Å². The van der Waals surface area contributed by atoms with Crippen LogP contribution in [0, 0.1) is 20.8 Å². The van der Waals surface area contributed by atoms with Crippen LogP contribution in [0.2, 0.25) is 0 Å². The Labute approximate surface area is 108 Å². The molecule has 0 aliphatic rings. The molecular weight excluding hydrogens is 238 g/mol. The summed E-state index contributed by atoms with van der Waals surface area (Å²) in [6, 6.07) is 0. The molecule has 1 amide bonds. The van der Waals surface area contributed by atoms with E-state index in [-0.39, 0.29) is 5.91 Å². The maximum atomic E-state index is 12.4. The Morgan fingerprint density at radius 1 is 1.29 bits per heavy atom. The Kier molecular flexibility index (Phi) is 5.06. The van der Waals surface area contributed by atoms with Gasteiger partial charge in [-0.3, -0.25) is 4.79 Å². The summed E-state index contributed by atoms with van der Waals surface area (Å²) in [5.74, 6) is 2.14. The van der Waals surface area contributed by atoms with Crippen molar-refractivity contribution in [3.8, 4) is 0 Å². The Hall–Kier alpha value is -0.960. The number of alkyl halides is 1. The van der Waals surface area contributed by atoms with Gasteiger partial charge in [-0.2, -0.15) is 0 Å². The fourth-order valence-corrected chi connectivity index (χ4v) is 2.04. The van der Waals surface area contributed by atoms with Crippen LogP contribution in [0.3, 0.4) is 0 Å². The van der Waals surface area contributed by atoms with Crippen LogP contribution in [0.1, 0.15) is 40.8 Å². The monoisotopic (exact) mass is 257 g/mol. The molecule has 0 saturated carbocycles. The van der Waals surface area contributed by atoms with E-state index in [9.17, 15) is 4.79 Å². The summed E-state index contributed by atoms with van der Waals surface area (Å²) >= 11 is 5.66. The third kappa shape index (κ3) is 3.03. The van der Waals surface area contributed by atoms with E-state index in [4.69, 9.17) is 16.0 Å². The predicted molar refractivity (Wildman–Crippen MR) is 69.8 cm³/mol. The maximum absolute atomic E-state index is 12.4. The normalized spacial score (nSPS) is 10.6. The Balaban J connectivity index is 2.93. The van der Waals surface area contributed by atoms with Crippen molar-refractivity contribution in [2.24, 2.45) is 0 Å². The van der Waals surface area contributed by atoms with Crippen LogP contribution in [0.25, 0.3) is 0 Å². The summed E-state index contributed by atoms with van der Waals surface area (Å²) in [6.07, 6.45) is 0.816. The molecule has 17 heavy (non-hydrogen) atoms. The van der Waals surface area contributed by atoms with Gasteiger partial charge in [0.15, 0.2) is 0 Å². The zero-order chi connectivity index (χ0) is 13.0. The minimum Gasteiger partial charge on any atom is -0.466 e. The van der Waals surface area contributed by atoms with Crippen molar-refractivity contribution >= 4 is 17.5 Å². The number of furan rings is 1. The summed E-state index contributed by atoms with van der Waals surface area (Å²) in [5.41, 5.74) is 1.65. The van der Waals surface area contributed by atoms with Crippen molar-refractivity contribution in [3.05, 3.63) is 22.6 Å². The average molecular weight is 258 g/mol. The van der Waals surface area contributed by atoms with Crippen LogP contribution >= 0.6 is 11.6 Å². The molecule has 1 aromatic rings. The molecule has 0 bridgehead atoms. The van der Waals surface area contributed by atoms with Gasteiger partial charge >= 0.3 is 0 Å². The largest absolute Gasteiger partial charge is 0.466 e. The lowest BCUT2D eigenvalue weighted by molar-refractivity contribution is 0.0762. The van der Waals surface area contributed by atoms with Crippen molar-refractivity contribution in [2.45, 2.75) is 34.1 Å². The number of aryl methyl sites for hydroxylation is 2. The third-order valence-corrected chi connectivity index (χ3v) is 3.27. The molecule has 0 radical (unpaired) electrons. The molecule has 1 heterocycles. The van der Waals surface area contributed by atoms with Gasteiger partial charge in [0, 0.05) is 24.5 Å². The minimum absolute atomic E-state index is 0.0458. The molecule has 0 unspecified atom stereocenters. The number of carbonyl (C=O) groups is 1. The fraction of sp³-hybridized carbons (Fsp3) is 0.615. The van der Waals surface area contributed by atoms with E-state index in [0.717, 1.165) is 17.7 Å². The molecule has 1 aromatic heterocycles. The van der Waals surface area contributed by atoms with E-state index in [0.29, 0.717) is 30.3 Å². The van der Waals surface area contributed by atoms with Gasteiger partial charge in [0.2, 0.25) is 0 Å². The van der Waals surface area contributed by atoms with Gasteiger partial charge in [0.05, 0.1) is 5.56 Å². The summed E-state index contributed by atoms with van der Waals surface area (Å²) in [6.45, 7) is 9.01. The number of rotatable bonds is 5. The van der Waals surface area contributed by atoms with Crippen LogP contribution < -0.4 is 0 Å². The minimum atomic E-state index is 0.0458. The van der Waals surface area contributed by atoms with Crippen molar-refractivity contribution in [1.82, 2.24) is 4.90 Å². The third-order valence-electron chi connectivity index (χ3n) is 3.01. The second-order valence-electron chi connectivity index (χ2n) is 4.14. The highest BCUT2D eigenvalue weighted by Crippen LogP contribution is 2.22. The SMILES string of the molecule is CCN(CCCCl)C(=O)c1c(C)oc(C)c1C. The van der Waals surface area contributed by atoms with Crippen LogP contribution in [0.4, 0.5) is 0 Å². The molecule has 1 rings (SSSR count). The van der Waals surface area contributed by atoms with Gasteiger partial charge in [-0.05, 0) is 34.1 Å². The first-order valence-electron chi connectivity index (χ1n) is 5.94. The first-order valence-corrected chi connectivity index (χ1v) is 6.48. The second kappa shape index (κ2) is 6.10. The Bertz CT molecular complexity index is 398. The van der Waals surface area contributed by atoms with Crippen molar-refractivity contribution < 1.29 is 9.21 Å². The predicted octanol–water partition coefficient (Wildman–Crippen LogP) is 3.30. The number of nitrogens with zero attached hydrogens (tertiary/aromatic N) is 1. The summed E-state index contributed by atoms with van der Waals surface area (Å²) < 4.78 is 5.49. The average Bonchev–Trinajstić information content (AvgIpc) is 2.54. The maximum Gasteiger partial charge on any atom is 0.257 e. The molecule has 0 atom stereocenters. The highest BCUT2D eigenvalue weighted by Gasteiger charge is 2.22. The quantitative estimate of drug-likeness (QED) is 0.759. The number of amides is 1. The van der Waals surface area contributed by atoms with Gasteiger partial charge < -0.3 is 9.32 Å². The van der Waals surface area contributed by atoms with E-state index in [2.05, 4.69) is 0 Å². The van der Waals surface area contributed by atoms with E-state index in [1.807, 2.05) is 32.6 Å². The molecular formula is C13H20ClNO2. The van der Waals surface area contributed by atoms with Crippen molar-refractivity contribution in [3.63, 3.8) is 0 Å². The molecule has 0 fully saturated rings. The number of carbonyl (C=O) groups excluding carboxylic acids is 1. The molecule has 3 nitrogen and oxygen atoms in total. The number of hydrogen-bond donors (Lipinski definition) is 0. The topological polar surface area (TPSA) is 33.5 Å². The number of hydrogen-bond acceptors (Lipinski definition) is 2. The fourth-order valence-electron chi connectivity index (χ4n) is 1.92. The van der Waals surface area contributed by atoms with E-state index < -0.39 is 0 Å². The molecule has 0 saturated heterocycles. The zero-order valence-corrected chi connectivity index (χ0v) is 11.7. The zero-order valence-electron chi connectivity index (χ0n) is 11.0. The Morgan fingerprint density at radius 2 is 1.94 bits per heavy atom. The molecule has 0 N–H and O–H groups in total. The highest BCUT2D eigenvalue weighted by molar-refractivity contribution is 6.17. The molecule has 0 aromatic carbocycles. The van der Waals surface area contributed by atoms with Crippen LogP contribution in [0.15, 0.2) is 4.42 Å². The molecule has 0 aliphatic carbocycles. The molecule has 0 spiro atoms. The lowest BCUT2D eigenvalue weighted by Crippen LogP contribution is -2.32. The van der Waals surface area contributed by atoms with Gasteiger partial charge in [-0.15, -0.1) is 11.6 Å². The van der Waals surface area contributed by atoms with Crippen LogP contribution in [-0.2, 0) is 0 Å². The first-order chi connectivity index (χ1) is 8.02. The number of halogens is 1. The standard InChI is InChI=1S/C13H20ClNO2/c1-5-15(8-6-7-14)13(16)12-9(2)10(3)17-11(12)4/h5-8H2,1-4H3. The summed E-state index contributed by atoms with van der Waals surface area (Å²) in [7, 11) is 0. The summed E-state index contributed by atoms with van der Waals surface area (Å²) in [5, 5.41) is 0. The Morgan fingerprint density at radius 3 is 2.35 bits per heavy atom.